The molecule has 3 rings (SSSR count). The van der Waals surface area contributed by atoms with Crippen LogP contribution in [0, 0.1) is 0 Å². The fourth-order valence-electron chi connectivity index (χ4n) is 3.23. The molecule has 2 aromatic carbocycles. The highest BCUT2D eigenvalue weighted by atomic mass is 16.5. The fourth-order valence-corrected chi connectivity index (χ4v) is 3.23. The molecular formula is C23H25N3O5. The van der Waals surface area contributed by atoms with E-state index in [1.807, 2.05) is 54.6 Å². The smallest absolute Gasteiger partial charge is 0.329 e. The number of nitrogens with two attached hydrogens (primary N) is 1. The third-order valence-electron chi connectivity index (χ3n) is 4.93. The predicted molar refractivity (Wildman–Crippen MR) is 115 cm³/mol. The molecule has 0 aliphatic heterocycles. The number of H-pyrrole nitrogens is 1. The van der Waals surface area contributed by atoms with Crippen molar-refractivity contribution in [3.05, 3.63) is 71.9 Å². The van der Waals surface area contributed by atoms with Crippen molar-refractivity contribution in [1.82, 2.24) is 10.3 Å². The van der Waals surface area contributed by atoms with Crippen molar-refractivity contribution in [3.8, 4) is 0 Å². The molecule has 162 valence electrons. The summed E-state index contributed by atoms with van der Waals surface area (Å²) in [5.41, 5.74) is 8.39. The topological polar surface area (TPSA) is 135 Å². The molecule has 5 N–H and O–H groups in total. The Morgan fingerprint density at radius 2 is 1.77 bits per heavy atom. The molecule has 1 aromatic heterocycles. The molecule has 2 atom stereocenters. The van der Waals surface area contributed by atoms with Gasteiger partial charge in [-0.3, -0.25) is 9.59 Å². The van der Waals surface area contributed by atoms with Crippen LogP contribution in [-0.4, -0.2) is 40.0 Å². The highest BCUT2D eigenvalue weighted by Gasteiger charge is 2.26. The number of benzene rings is 2. The van der Waals surface area contributed by atoms with Gasteiger partial charge in [0.25, 0.3) is 0 Å². The Balaban J connectivity index is 1.73. The lowest BCUT2D eigenvalue weighted by Gasteiger charge is -2.20. The van der Waals surface area contributed by atoms with Gasteiger partial charge < -0.3 is 25.9 Å². The summed E-state index contributed by atoms with van der Waals surface area (Å²) in [7, 11) is 0. The molecule has 0 unspecified atom stereocenters. The zero-order valence-electron chi connectivity index (χ0n) is 16.9. The van der Waals surface area contributed by atoms with Crippen LogP contribution in [0.1, 0.15) is 24.0 Å². The summed E-state index contributed by atoms with van der Waals surface area (Å²) in [5, 5.41) is 12.4. The number of carboxylic acid groups (broad SMARTS) is 1. The van der Waals surface area contributed by atoms with E-state index >= 15 is 0 Å². The number of fused-ring (bicyclic) bond motifs is 1. The maximum absolute atomic E-state index is 12.8. The Bertz CT molecular complexity index is 1050. The molecule has 0 saturated heterocycles. The second-order valence-corrected chi connectivity index (χ2v) is 7.26. The molecule has 31 heavy (non-hydrogen) atoms. The van der Waals surface area contributed by atoms with E-state index in [1.165, 1.54) is 0 Å². The van der Waals surface area contributed by atoms with Crippen LogP contribution in [0.15, 0.2) is 60.8 Å². The van der Waals surface area contributed by atoms with Crippen LogP contribution in [0.4, 0.5) is 0 Å². The summed E-state index contributed by atoms with van der Waals surface area (Å²) in [6.45, 7) is 0.0744. The van der Waals surface area contributed by atoms with E-state index in [0.29, 0.717) is 0 Å². The first kappa shape index (κ1) is 22.0. The van der Waals surface area contributed by atoms with Gasteiger partial charge in [-0.05, 0) is 23.6 Å². The lowest BCUT2D eigenvalue weighted by molar-refractivity contribution is -0.149. The molecule has 1 amide bonds. The number of amides is 1. The van der Waals surface area contributed by atoms with E-state index in [2.05, 4.69) is 10.3 Å². The molecule has 0 aliphatic rings. The molecule has 8 nitrogen and oxygen atoms in total. The molecule has 1 heterocycles. The van der Waals surface area contributed by atoms with Crippen LogP contribution < -0.4 is 11.1 Å². The van der Waals surface area contributed by atoms with Gasteiger partial charge in [0, 0.05) is 29.9 Å². The zero-order valence-corrected chi connectivity index (χ0v) is 16.9. The Hall–Kier alpha value is -3.65. The van der Waals surface area contributed by atoms with Crippen LogP contribution in [0.25, 0.3) is 10.9 Å². The molecule has 0 fully saturated rings. The Kier molecular flexibility index (Phi) is 7.40. The minimum absolute atomic E-state index is 0.0277. The van der Waals surface area contributed by atoms with Crippen LogP contribution in [0.2, 0.25) is 0 Å². The van der Waals surface area contributed by atoms with Crippen molar-refractivity contribution in [3.63, 3.8) is 0 Å². The number of hydrogen-bond acceptors (Lipinski definition) is 5. The SMILES string of the molecule is N[C@H](CCC(=O)O)C(=O)N[C@H](Cc1c[nH]c2ccccc12)C(=O)OCc1ccccc1. The van der Waals surface area contributed by atoms with Crippen LogP contribution in [-0.2, 0) is 32.1 Å². The van der Waals surface area contributed by atoms with Gasteiger partial charge in [0.05, 0.1) is 6.04 Å². The highest BCUT2D eigenvalue weighted by Crippen LogP contribution is 2.19. The fraction of sp³-hybridized carbons (Fsp3) is 0.261. The number of aromatic nitrogens is 1. The number of hydrogen-bond donors (Lipinski definition) is 4. The second kappa shape index (κ2) is 10.4. The van der Waals surface area contributed by atoms with Crippen molar-refractivity contribution in [2.75, 3.05) is 0 Å². The Labute approximate surface area is 179 Å². The van der Waals surface area contributed by atoms with E-state index in [4.69, 9.17) is 15.6 Å². The normalized spacial score (nSPS) is 12.8. The average molecular weight is 423 g/mol. The number of rotatable bonds is 10. The predicted octanol–water partition coefficient (Wildman–Crippen LogP) is 2.13. The maximum Gasteiger partial charge on any atom is 0.329 e. The first-order valence-corrected chi connectivity index (χ1v) is 9.97. The van der Waals surface area contributed by atoms with Gasteiger partial charge in [0.15, 0.2) is 0 Å². The molecule has 0 bridgehead atoms. The minimum Gasteiger partial charge on any atom is -0.481 e. The van der Waals surface area contributed by atoms with Crippen molar-refractivity contribution in [2.24, 2.45) is 5.73 Å². The highest BCUT2D eigenvalue weighted by molar-refractivity contribution is 5.89. The van der Waals surface area contributed by atoms with E-state index in [-0.39, 0.29) is 25.9 Å². The van der Waals surface area contributed by atoms with Crippen LogP contribution >= 0.6 is 0 Å². The maximum atomic E-state index is 12.8. The number of aliphatic carboxylic acids is 1. The summed E-state index contributed by atoms with van der Waals surface area (Å²) in [5.74, 6) is -2.23. The van der Waals surface area contributed by atoms with Gasteiger partial charge in [-0.15, -0.1) is 0 Å². The monoisotopic (exact) mass is 423 g/mol. The summed E-state index contributed by atoms with van der Waals surface area (Å²) in [4.78, 5) is 39.2. The van der Waals surface area contributed by atoms with E-state index in [9.17, 15) is 14.4 Å². The number of carboxylic acids is 1. The Morgan fingerprint density at radius 3 is 2.52 bits per heavy atom. The summed E-state index contributed by atoms with van der Waals surface area (Å²) >= 11 is 0. The van der Waals surface area contributed by atoms with Gasteiger partial charge in [-0.25, -0.2) is 4.79 Å². The largest absolute Gasteiger partial charge is 0.481 e. The lowest BCUT2D eigenvalue weighted by atomic mass is 10.0. The second-order valence-electron chi connectivity index (χ2n) is 7.26. The first-order valence-electron chi connectivity index (χ1n) is 9.97. The average Bonchev–Trinajstić information content (AvgIpc) is 3.18. The molecule has 3 aromatic rings. The lowest BCUT2D eigenvalue weighted by Crippen LogP contribution is -2.49. The van der Waals surface area contributed by atoms with Gasteiger partial charge in [0.2, 0.25) is 5.91 Å². The number of aromatic amines is 1. The van der Waals surface area contributed by atoms with E-state index in [1.54, 1.807) is 6.20 Å². The standard InChI is InChI=1S/C23H25N3O5/c24-18(10-11-21(27)28)22(29)26-20(23(30)31-14-15-6-2-1-3-7-15)12-16-13-25-19-9-5-4-8-17(16)19/h1-9,13,18,20,25H,10-12,14,24H2,(H,26,29)(H,27,28)/t18-,20-/m1/s1. The van der Waals surface area contributed by atoms with Crippen molar-refractivity contribution in [1.29, 1.82) is 0 Å². The third kappa shape index (κ3) is 6.16. The van der Waals surface area contributed by atoms with E-state index in [0.717, 1.165) is 22.0 Å². The number of carbonyl (C=O) groups is 3. The quantitative estimate of drug-likeness (QED) is 0.369. The minimum atomic E-state index is -1.04. The molecule has 0 spiro atoms. The van der Waals surface area contributed by atoms with Crippen LogP contribution in [0.3, 0.4) is 0 Å². The summed E-state index contributed by atoms with van der Waals surface area (Å²) in [6.07, 6.45) is 1.73. The Morgan fingerprint density at radius 1 is 1.06 bits per heavy atom. The molecule has 8 heteroatoms. The summed E-state index contributed by atoms with van der Waals surface area (Å²) < 4.78 is 5.43. The molecule has 0 aliphatic carbocycles. The van der Waals surface area contributed by atoms with Gasteiger partial charge >= 0.3 is 11.9 Å². The zero-order chi connectivity index (χ0) is 22.2. The van der Waals surface area contributed by atoms with Gasteiger partial charge in [-0.1, -0.05) is 48.5 Å². The van der Waals surface area contributed by atoms with Crippen molar-refractivity contribution in [2.45, 2.75) is 38.0 Å². The van der Waals surface area contributed by atoms with E-state index < -0.39 is 29.9 Å². The molecular weight excluding hydrogens is 398 g/mol. The van der Waals surface area contributed by atoms with Crippen LogP contribution in [0.5, 0.6) is 0 Å². The number of esters is 1. The van der Waals surface area contributed by atoms with Crippen molar-refractivity contribution >= 4 is 28.7 Å². The number of carbonyl (C=O) groups excluding carboxylic acids is 2. The third-order valence-corrected chi connectivity index (χ3v) is 4.93. The van der Waals surface area contributed by atoms with Gasteiger partial charge in [0.1, 0.15) is 12.6 Å². The molecule has 0 radical (unpaired) electrons. The summed E-state index contributed by atoms with van der Waals surface area (Å²) in [6, 6.07) is 14.9. The van der Waals surface area contributed by atoms with Gasteiger partial charge in [-0.2, -0.15) is 0 Å². The van der Waals surface area contributed by atoms with Crippen molar-refractivity contribution < 1.29 is 24.2 Å². The molecule has 0 saturated carbocycles. The first-order chi connectivity index (χ1) is 14.9. The number of ether oxygens (including phenoxy) is 1. The number of nitrogens with one attached hydrogen (secondary N) is 2. The number of para-hydroxylation sites is 1.